The van der Waals surface area contributed by atoms with Gasteiger partial charge in [0.25, 0.3) is 5.91 Å². The summed E-state index contributed by atoms with van der Waals surface area (Å²) in [6.45, 7) is 10.8. The van der Waals surface area contributed by atoms with E-state index >= 15 is 0 Å². The van der Waals surface area contributed by atoms with Gasteiger partial charge in [0.15, 0.2) is 0 Å². The Balaban J connectivity index is 1.31. The zero-order valence-corrected chi connectivity index (χ0v) is 22.5. The van der Waals surface area contributed by atoms with Crippen LogP contribution in [-0.2, 0) is 34.0 Å². The van der Waals surface area contributed by atoms with E-state index in [-0.39, 0.29) is 18.9 Å². The monoisotopic (exact) mass is 522 g/mol. The summed E-state index contributed by atoms with van der Waals surface area (Å²) in [5.74, 6) is -2.03. The average Bonchev–Trinajstić information content (AvgIpc) is 3.24. The highest BCUT2D eigenvalue weighted by Crippen LogP contribution is 2.32. The maximum atomic E-state index is 12.9. The Morgan fingerprint density at radius 3 is 2.32 bits per heavy atom. The third kappa shape index (κ3) is 6.52. The van der Waals surface area contributed by atoms with Crippen molar-refractivity contribution in [3.05, 3.63) is 64.7 Å². The summed E-state index contributed by atoms with van der Waals surface area (Å²) >= 11 is 0. The third-order valence-corrected chi connectivity index (χ3v) is 7.48. The molecule has 0 saturated carbocycles. The molecule has 1 fully saturated rings. The van der Waals surface area contributed by atoms with Crippen LogP contribution in [0.25, 0.3) is 0 Å². The number of esters is 1. The molecule has 2 aromatic rings. The van der Waals surface area contributed by atoms with Crippen LogP contribution in [0.5, 0.6) is 5.75 Å². The molecule has 0 aliphatic carbocycles. The molecule has 0 aromatic heterocycles. The van der Waals surface area contributed by atoms with Crippen molar-refractivity contribution in [1.82, 2.24) is 14.7 Å². The lowest BCUT2D eigenvalue weighted by molar-refractivity contribution is -0.149. The van der Waals surface area contributed by atoms with Gasteiger partial charge in [-0.3, -0.25) is 24.2 Å². The Morgan fingerprint density at radius 2 is 1.68 bits per heavy atom. The first kappa shape index (κ1) is 27.6. The first-order valence-corrected chi connectivity index (χ1v) is 13.2. The molecule has 2 heterocycles. The van der Waals surface area contributed by atoms with E-state index in [4.69, 9.17) is 10.5 Å². The van der Waals surface area contributed by atoms with E-state index in [0.29, 0.717) is 30.5 Å². The number of methoxy groups -OCH3 is 1. The number of hydrogen-bond donors (Lipinski definition) is 1. The van der Waals surface area contributed by atoms with Gasteiger partial charge in [0.2, 0.25) is 5.91 Å². The molecular weight excluding hydrogens is 484 g/mol. The fourth-order valence-corrected chi connectivity index (χ4v) is 5.08. The molecule has 2 aromatic carbocycles. The van der Waals surface area contributed by atoms with E-state index < -0.39 is 17.8 Å². The lowest BCUT2D eigenvalue weighted by Gasteiger charge is -2.36. The highest BCUT2D eigenvalue weighted by atomic mass is 16.5. The molecule has 0 bridgehead atoms. The minimum absolute atomic E-state index is 0.109. The number of nitrogens with two attached hydrogens (primary N) is 1. The summed E-state index contributed by atoms with van der Waals surface area (Å²) in [7, 11) is 1.21. The Bertz CT molecular complexity index is 1140. The molecule has 1 unspecified atom stereocenters. The van der Waals surface area contributed by atoms with E-state index in [0.717, 1.165) is 43.9 Å². The van der Waals surface area contributed by atoms with Crippen molar-refractivity contribution in [1.29, 1.82) is 0 Å². The molecule has 9 heteroatoms. The molecule has 204 valence electrons. The number of piperazine rings is 1. The predicted molar refractivity (Wildman–Crippen MR) is 143 cm³/mol. The van der Waals surface area contributed by atoms with Crippen molar-refractivity contribution in [2.75, 3.05) is 39.8 Å². The van der Waals surface area contributed by atoms with Gasteiger partial charge in [-0.1, -0.05) is 30.3 Å². The van der Waals surface area contributed by atoms with Crippen LogP contribution in [0.3, 0.4) is 0 Å². The molecule has 2 N–H and O–H groups in total. The summed E-state index contributed by atoms with van der Waals surface area (Å²) in [5.41, 5.74) is 9.06. The lowest BCUT2D eigenvalue weighted by atomic mass is 10.1. The molecule has 2 aliphatic rings. The largest absolute Gasteiger partial charge is 0.489 e. The minimum Gasteiger partial charge on any atom is -0.489 e. The van der Waals surface area contributed by atoms with Crippen LogP contribution in [0.2, 0.25) is 0 Å². The predicted octanol–water partition coefficient (Wildman–Crippen LogP) is 2.41. The topological polar surface area (TPSA) is 105 Å². The van der Waals surface area contributed by atoms with Crippen molar-refractivity contribution >= 4 is 17.8 Å². The Kier molecular flexibility index (Phi) is 9.01. The molecule has 38 heavy (non-hydrogen) atoms. The number of primary amides is 1. The minimum atomic E-state index is -1.08. The number of ether oxygens (including phenoxy) is 2. The highest BCUT2D eigenvalue weighted by molar-refractivity contribution is 5.99. The number of hydrogen-bond acceptors (Lipinski definition) is 7. The van der Waals surface area contributed by atoms with Gasteiger partial charge in [-0.05, 0) is 43.5 Å². The number of carbonyl (C=O) groups excluding carboxylic acids is 3. The fraction of sp³-hybridized carbons (Fsp3) is 0.483. The second-order valence-corrected chi connectivity index (χ2v) is 10.3. The molecule has 2 aliphatic heterocycles. The van der Waals surface area contributed by atoms with Gasteiger partial charge < -0.3 is 20.1 Å². The first-order valence-electron chi connectivity index (χ1n) is 13.2. The lowest BCUT2D eigenvalue weighted by Crippen LogP contribution is -2.48. The summed E-state index contributed by atoms with van der Waals surface area (Å²) in [5, 5.41) is 0. The number of benzene rings is 2. The van der Waals surface area contributed by atoms with Crippen molar-refractivity contribution in [3.63, 3.8) is 0 Å². The zero-order chi connectivity index (χ0) is 27.2. The third-order valence-electron chi connectivity index (χ3n) is 7.48. The van der Waals surface area contributed by atoms with Gasteiger partial charge in [-0.15, -0.1) is 0 Å². The van der Waals surface area contributed by atoms with Crippen LogP contribution in [0.15, 0.2) is 42.5 Å². The number of carbonyl (C=O) groups is 3. The van der Waals surface area contributed by atoms with Gasteiger partial charge in [-0.25, -0.2) is 0 Å². The van der Waals surface area contributed by atoms with Crippen LogP contribution in [0.1, 0.15) is 47.3 Å². The number of amides is 2. The van der Waals surface area contributed by atoms with Crippen molar-refractivity contribution in [2.24, 2.45) is 11.7 Å². The smallest absolute Gasteiger partial charge is 0.318 e. The second-order valence-electron chi connectivity index (χ2n) is 10.3. The van der Waals surface area contributed by atoms with Gasteiger partial charge in [-0.2, -0.15) is 0 Å². The molecule has 9 nitrogen and oxygen atoms in total. The number of fused-ring (bicyclic) bond motifs is 1. The molecule has 2 amide bonds. The van der Waals surface area contributed by atoms with E-state index in [1.54, 1.807) is 17.0 Å². The normalized spacial score (nSPS) is 16.9. The maximum Gasteiger partial charge on any atom is 0.318 e. The molecule has 1 saturated heterocycles. The van der Waals surface area contributed by atoms with Crippen LogP contribution in [0.4, 0.5) is 0 Å². The van der Waals surface area contributed by atoms with Crippen molar-refractivity contribution < 1.29 is 23.9 Å². The highest BCUT2D eigenvalue weighted by Gasteiger charge is 2.32. The van der Waals surface area contributed by atoms with Crippen LogP contribution in [0, 0.1) is 5.92 Å². The summed E-state index contributed by atoms with van der Waals surface area (Å²) in [6, 6.07) is 14.5. The molecule has 0 spiro atoms. The van der Waals surface area contributed by atoms with Gasteiger partial charge in [0.05, 0.1) is 13.7 Å². The Labute approximate surface area is 224 Å². The van der Waals surface area contributed by atoms with Crippen LogP contribution in [-0.4, -0.2) is 78.4 Å². The van der Waals surface area contributed by atoms with E-state index in [2.05, 4.69) is 52.6 Å². The Morgan fingerprint density at radius 1 is 1.00 bits per heavy atom. The van der Waals surface area contributed by atoms with Gasteiger partial charge in [0.1, 0.15) is 18.3 Å². The zero-order valence-electron chi connectivity index (χ0n) is 22.5. The van der Waals surface area contributed by atoms with Crippen molar-refractivity contribution in [2.45, 2.75) is 46.0 Å². The van der Waals surface area contributed by atoms with E-state index in [1.165, 1.54) is 12.7 Å². The summed E-state index contributed by atoms with van der Waals surface area (Å²) < 4.78 is 10.8. The molecule has 0 radical (unpaired) electrons. The first-order chi connectivity index (χ1) is 18.3. The molecular formula is C29H38N4O5. The second kappa shape index (κ2) is 12.4. The van der Waals surface area contributed by atoms with Crippen molar-refractivity contribution in [3.8, 4) is 5.75 Å². The van der Waals surface area contributed by atoms with Crippen LogP contribution >= 0.6 is 0 Å². The number of nitrogens with zero attached hydrogens (tertiary/aromatic N) is 3. The quantitative estimate of drug-likeness (QED) is 0.357. The number of rotatable bonds is 11. The summed E-state index contributed by atoms with van der Waals surface area (Å²) in [4.78, 5) is 43.0. The van der Waals surface area contributed by atoms with Gasteiger partial charge >= 0.3 is 5.97 Å². The Hall–Kier alpha value is -3.43. The SMILES string of the molecule is COC(=O)C(CCN1Cc2c(OCc3ccc(CN4CCN(C(C)C)CC4)cc3)cccc2C1=O)C(N)=O. The standard InChI is InChI=1S/C29H38N4O5/c1-20(2)32-15-13-31(14-16-32)17-21-7-9-22(10-8-21)19-38-26-6-4-5-23-25(26)18-33(28(23)35)12-11-24(27(30)34)29(36)37-3/h4-10,20,24H,11-19H2,1-3H3,(H2,30,34). The van der Waals surface area contributed by atoms with Crippen LogP contribution < -0.4 is 10.5 Å². The fourth-order valence-electron chi connectivity index (χ4n) is 5.08. The maximum absolute atomic E-state index is 12.9. The van der Waals surface area contributed by atoms with E-state index in [1.807, 2.05) is 6.07 Å². The van der Waals surface area contributed by atoms with Gasteiger partial charge in [0, 0.05) is 56.4 Å². The average molecular weight is 523 g/mol. The molecule has 4 rings (SSSR count). The molecule has 1 atom stereocenters. The summed E-state index contributed by atoms with van der Waals surface area (Å²) in [6.07, 6.45) is 0.109. The van der Waals surface area contributed by atoms with E-state index in [9.17, 15) is 14.4 Å².